The molecule has 3 amide bonds. The highest BCUT2D eigenvalue weighted by atomic mass is 16.6. The predicted molar refractivity (Wildman–Crippen MR) is 216 cm³/mol. The molecule has 4 heterocycles. The van der Waals surface area contributed by atoms with Gasteiger partial charge in [-0.1, -0.05) is 25.5 Å². The van der Waals surface area contributed by atoms with E-state index in [1.54, 1.807) is 18.5 Å². The van der Waals surface area contributed by atoms with Crippen LogP contribution in [0.15, 0.2) is 70.9 Å². The van der Waals surface area contributed by atoms with Gasteiger partial charge in [-0.15, -0.1) is 0 Å². The van der Waals surface area contributed by atoms with Crippen molar-refractivity contribution >= 4 is 63.5 Å². The third-order valence-corrected chi connectivity index (χ3v) is 9.80. The van der Waals surface area contributed by atoms with E-state index in [2.05, 4.69) is 42.7 Å². The van der Waals surface area contributed by atoms with E-state index in [9.17, 15) is 14.4 Å². The van der Waals surface area contributed by atoms with Gasteiger partial charge in [0.1, 0.15) is 17.0 Å². The first-order valence-electron chi connectivity index (χ1n) is 18.7. The summed E-state index contributed by atoms with van der Waals surface area (Å²) in [5.41, 5.74) is 16.7. The lowest BCUT2D eigenvalue weighted by Gasteiger charge is -2.34. The quantitative estimate of drug-likeness (QED) is 0.177. The van der Waals surface area contributed by atoms with E-state index in [4.69, 9.17) is 16.2 Å². The lowest BCUT2D eigenvalue weighted by atomic mass is 9.94. The Bertz CT molecular complexity index is 1740. The molecule has 13 nitrogen and oxygen atoms in total. The number of carbonyl (C=O) groups is 3. The van der Waals surface area contributed by atoms with Crippen LogP contribution < -0.4 is 37.2 Å². The second-order valence-corrected chi connectivity index (χ2v) is 14.9. The van der Waals surface area contributed by atoms with Crippen LogP contribution in [0.4, 0.5) is 38.9 Å². The molecule has 0 unspecified atom stereocenters. The lowest BCUT2D eigenvalue weighted by molar-refractivity contribution is -0.111. The highest BCUT2D eigenvalue weighted by Gasteiger charge is 2.24. The Labute approximate surface area is 313 Å². The van der Waals surface area contributed by atoms with Crippen LogP contribution in [0.3, 0.4) is 0 Å². The predicted octanol–water partition coefficient (Wildman–Crippen LogP) is 6.70. The van der Waals surface area contributed by atoms with Gasteiger partial charge in [0.15, 0.2) is 0 Å². The zero-order chi connectivity index (χ0) is 38.0. The maximum Gasteiger partial charge on any atom is 0.412 e. The average Bonchev–Trinajstić information content (AvgIpc) is 3.88. The van der Waals surface area contributed by atoms with Gasteiger partial charge in [0, 0.05) is 62.8 Å². The summed E-state index contributed by atoms with van der Waals surface area (Å²) in [5, 5.41) is 8.71. The molecule has 4 aliphatic heterocycles. The normalized spacial score (nSPS) is 17.5. The first-order valence-corrected chi connectivity index (χ1v) is 18.7. The lowest BCUT2D eigenvalue weighted by Crippen LogP contribution is -2.36. The minimum atomic E-state index is -0.585. The molecule has 53 heavy (non-hydrogen) atoms. The highest BCUT2D eigenvalue weighted by Crippen LogP contribution is 2.34. The molecule has 0 spiro atoms. The van der Waals surface area contributed by atoms with Crippen LogP contribution in [0.25, 0.3) is 0 Å². The van der Waals surface area contributed by atoms with Crippen LogP contribution in [-0.4, -0.2) is 67.7 Å². The number of allylic oxidation sites excluding steroid dienone is 2. The number of nitrogens with zero attached hydrogens (tertiary/aromatic N) is 4. The molecule has 0 radical (unpaired) electrons. The van der Waals surface area contributed by atoms with Gasteiger partial charge in [-0.3, -0.25) is 24.9 Å². The topological polar surface area (TPSA) is 180 Å². The van der Waals surface area contributed by atoms with Crippen LogP contribution in [0.1, 0.15) is 72.6 Å². The number of carbonyl (C=O) groups excluding carboxylic acids is 3. The van der Waals surface area contributed by atoms with Crippen molar-refractivity contribution < 1.29 is 19.1 Å². The van der Waals surface area contributed by atoms with Gasteiger partial charge >= 0.3 is 6.09 Å². The Morgan fingerprint density at radius 2 is 1.28 bits per heavy atom. The Hall–Kier alpha value is -5.17. The molecule has 284 valence electrons. The summed E-state index contributed by atoms with van der Waals surface area (Å²) in [5.74, 6) is 0.959. The van der Waals surface area contributed by atoms with Gasteiger partial charge in [0.25, 0.3) is 11.8 Å². The fourth-order valence-electron chi connectivity index (χ4n) is 6.74. The number of amides is 3. The van der Waals surface area contributed by atoms with Crippen molar-refractivity contribution in [3.05, 3.63) is 61.0 Å². The van der Waals surface area contributed by atoms with Crippen molar-refractivity contribution in [3.8, 4) is 0 Å². The van der Waals surface area contributed by atoms with Crippen molar-refractivity contribution in [2.75, 3.05) is 64.2 Å². The van der Waals surface area contributed by atoms with Crippen LogP contribution in [-0.2, 0) is 14.3 Å². The van der Waals surface area contributed by atoms with Gasteiger partial charge in [0.2, 0.25) is 0 Å². The number of aliphatic imine (C=N–C) groups is 2. The van der Waals surface area contributed by atoms with Gasteiger partial charge in [-0.2, -0.15) is 0 Å². The minimum Gasteiger partial charge on any atom is -0.444 e. The molecule has 2 aromatic rings. The second kappa shape index (κ2) is 18.0. The van der Waals surface area contributed by atoms with E-state index in [0.717, 1.165) is 81.4 Å². The molecule has 6 rings (SSSR count). The summed E-state index contributed by atoms with van der Waals surface area (Å²) in [6.07, 6.45) is 13.2. The van der Waals surface area contributed by atoms with E-state index >= 15 is 0 Å². The molecule has 2 fully saturated rings. The van der Waals surface area contributed by atoms with E-state index in [1.165, 1.54) is 6.42 Å². The largest absolute Gasteiger partial charge is 0.444 e. The number of ether oxygens (including phenoxy) is 1. The monoisotopic (exact) mass is 725 g/mol. The van der Waals surface area contributed by atoms with E-state index < -0.39 is 11.7 Å². The zero-order valence-electron chi connectivity index (χ0n) is 31.5. The summed E-state index contributed by atoms with van der Waals surface area (Å²) in [7, 11) is 0. The fraction of sp³-hybridized carbons (Fsp3) is 0.475. The standard InChI is InChI=1S/C23H32N4O3.C17H23N5O/c1-5-16-10-13-27(14-11-16)20-9-8-17(25-22(29)30-23(2,3)4)15-19(20)26-21(28)18-7-6-12-24-18;18-11-12-5-8-22(9-6-12)16-4-3-13(19)10-15(16)21-17(23)14-2-1-7-20-14/h6,8-9,12,15-16H,5,7,10-11,13-14H2,1-4H3,(H,25,29)(H,26,28);1,3-4,7,10,12H,2,5-6,8-9,11,18-19H2,(H,21,23). The molecular formula is C40H55N9O4. The smallest absolute Gasteiger partial charge is 0.412 e. The summed E-state index contributed by atoms with van der Waals surface area (Å²) in [6.45, 7) is 12.2. The van der Waals surface area contributed by atoms with Crippen LogP contribution in [0.5, 0.6) is 0 Å². The number of nitrogens with one attached hydrogen (secondary N) is 3. The first-order chi connectivity index (χ1) is 25.4. The average molecular weight is 726 g/mol. The Balaban J connectivity index is 0.000000211. The van der Waals surface area contributed by atoms with Crippen molar-refractivity contribution in [2.45, 2.75) is 78.2 Å². The molecule has 13 heteroatoms. The van der Waals surface area contributed by atoms with Crippen molar-refractivity contribution in [2.24, 2.45) is 27.6 Å². The molecule has 0 atom stereocenters. The molecule has 0 bridgehead atoms. The summed E-state index contributed by atoms with van der Waals surface area (Å²) >= 11 is 0. The van der Waals surface area contributed by atoms with Gasteiger partial charge in [0.05, 0.1) is 22.7 Å². The van der Waals surface area contributed by atoms with E-state index in [0.29, 0.717) is 47.2 Å². The minimum absolute atomic E-state index is 0.168. The third-order valence-electron chi connectivity index (χ3n) is 9.80. The molecule has 7 N–H and O–H groups in total. The van der Waals surface area contributed by atoms with Crippen molar-refractivity contribution in [3.63, 3.8) is 0 Å². The summed E-state index contributed by atoms with van der Waals surface area (Å²) < 4.78 is 5.34. The number of nitrogen functional groups attached to an aromatic ring is 1. The number of nitrogens with two attached hydrogens (primary N) is 2. The number of hydrogen-bond donors (Lipinski definition) is 5. The van der Waals surface area contributed by atoms with E-state index in [-0.39, 0.29) is 11.8 Å². The molecule has 0 aromatic heterocycles. The SMILES string of the molecule is CCC1CCN(c2ccc(NC(=O)OC(C)(C)C)cc2NC(=O)C2=NC=CC2)CC1.NCC1CCN(c2ccc(N)cc2NC(=O)C2=NC=CC2)CC1. The van der Waals surface area contributed by atoms with Crippen molar-refractivity contribution in [1.82, 2.24) is 0 Å². The number of anilines is 6. The first kappa shape index (κ1) is 39.0. The molecule has 2 aromatic carbocycles. The van der Waals surface area contributed by atoms with Crippen molar-refractivity contribution in [1.29, 1.82) is 0 Å². The molecule has 0 saturated carbocycles. The number of rotatable bonds is 9. The Morgan fingerprint density at radius 1 is 0.774 bits per heavy atom. The molecule has 2 saturated heterocycles. The number of hydrogen-bond acceptors (Lipinski definition) is 10. The summed E-state index contributed by atoms with van der Waals surface area (Å²) in [6, 6.07) is 11.2. The maximum absolute atomic E-state index is 12.7. The zero-order valence-corrected chi connectivity index (χ0v) is 31.5. The van der Waals surface area contributed by atoms with Crippen LogP contribution in [0, 0.1) is 11.8 Å². The molecule has 4 aliphatic rings. The molecular weight excluding hydrogens is 670 g/mol. The fourth-order valence-corrected chi connectivity index (χ4v) is 6.74. The highest BCUT2D eigenvalue weighted by molar-refractivity contribution is 6.44. The van der Waals surface area contributed by atoms with E-state index in [1.807, 2.05) is 63.3 Å². The van der Waals surface area contributed by atoms with Gasteiger partial charge in [-0.25, -0.2) is 4.79 Å². The molecule has 0 aliphatic carbocycles. The van der Waals surface area contributed by atoms with Gasteiger partial charge < -0.3 is 36.6 Å². The Kier molecular flexibility index (Phi) is 13.3. The number of benzene rings is 2. The van der Waals surface area contributed by atoms with Crippen LogP contribution >= 0.6 is 0 Å². The Morgan fingerprint density at radius 3 is 1.75 bits per heavy atom. The number of piperidine rings is 2. The van der Waals surface area contributed by atoms with Crippen LogP contribution in [0.2, 0.25) is 0 Å². The second-order valence-electron chi connectivity index (χ2n) is 14.9. The third kappa shape index (κ3) is 11.2. The maximum atomic E-state index is 12.7. The van der Waals surface area contributed by atoms with Gasteiger partial charge in [-0.05, 0) is 101 Å². The summed E-state index contributed by atoms with van der Waals surface area (Å²) in [4.78, 5) is 49.9.